The predicted octanol–water partition coefficient (Wildman–Crippen LogP) is 1.93. The topological polar surface area (TPSA) is 54.4 Å². The molecule has 0 aromatic carbocycles. The van der Waals surface area contributed by atoms with Crippen LogP contribution < -0.4 is 0 Å². The molecule has 0 aromatic rings. The van der Waals surface area contributed by atoms with Crippen molar-refractivity contribution in [3.8, 4) is 0 Å². The maximum absolute atomic E-state index is 12.3. The van der Waals surface area contributed by atoms with Crippen molar-refractivity contribution < 1.29 is 39.3 Å². The van der Waals surface area contributed by atoms with Crippen LogP contribution >= 0.6 is 11.6 Å². The van der Waals surface area contributed by atoms with Crippen molar-refractivity contribution in [1.82, 2.24) is 0 Å². The van der Waals surface area contributed by atoms with Crippen molar-refractivity contribution in [2.24, 2.45) is 0 Å². The van der Waals surface area contributed by atoms with Gasteiger partial charge in [0.1, 0.15) is 0 Å². The Kier molecular flexibility index (Phi) is 3.09. The summed E-state index contributed by atoms with van der Waals surface area (Å²) >= 11 is 3.81. The number of rotatable bonds is 2. The SMILES string of the molecule is O=S(=O)(O)C(F)(Cl)C(F)(F)C(F)(F)F. The van der Waals surface area contributed by atoms with E-state index in [9.17, 15) is 34.8 Å². The van der Waals surface area contributed by atoms with Crippen LogP contribution in [0.5, 0.6) is 0 Å². The van der Waals surface area contributed by atoms with Crippen LogP contribution in [0.4, 0.5) is 26.3 Å². The van der Waals surface area contributed by atoms with E-state index in [-0.39, 0.29) is 0 Å². The molecule has 1 unspecified atom stereocenters. The van der Waals surface area contributed by atoms with E-state index in [0.29, 0.717) is 0 Å². The first kappa shape index (κ1) is 13.8. The zero-order chi connectivity index (χ0) is 12.0. The Morgan fingerprint density at radius 1 is 1.00 bits per heavy atom. The summed E-state index contributed by atoms with van der Waals surface area (Å²) in [6, 6.07) is 0. The van der Waals surface area contributed by atoms with Crippen molar-refractivity contribution in [1.29, 1.82) is 0 Å². The number of halogens is 7. The van der Waals surface area contributed by atoms with Crippen molar-refractivity contribution in [2.75, 3.05) is 0 Å². The largest absolute Gasteiger partial charge is 0.459 e. The van der Waals surface area contributed by atoms with Gasteiger partial charge in [0.05, 0.1) is 0 Å². The van der Waals surface area contributed by atoms with Gasteiger partial charge in [0.2, 0.25) is 0 Å². The Hall–Kier alpha value is -0.220. The number of hydrogen-bond acceptors (Lipinski definition) is 2. The van der Waals surface area contributed by atoms with Crippen LogP contribution in [0, 0.1) is 0 Å². The van der Waals surface area contributed by atoms with Crippen molar-refractivity contribution in [3.05, 3.63) is 0 Å². The average Bonchev–Trinajstić information content (AvgIpc) is 1.81. The summed E-state index contributed by atoms with van der Waals surface area (Å²) in [4.78, 5) is 0. The standard InChI is InChI=1S/C3HClF6O3S/c4-2(7,14(11,12)13)1(5,6)3(8,9)10/h(H,11,12,13). The fourth-order valence-corrected chi connectivity index (χ4v) is 0.874. The first-order valence-electron chi connectivity index (χ1n) is 2.54. The maximum Gasteiger partial charge on any atom is 0.459 e. The minimum atomic E-state index is -6.54. The second-order valence-electron chi connectivity index (χ2n) is 2.06. The van der Waals surface area contributed by atoms with Gasteiger partial charge in [-0.2, -0.15) is 34.8 Å². The van der Waals surface area contributed by atoms with Crippen LogP contribution in [-0.4, -0.2) is 29.5 Å². The third-order valence-electron chi connectivity index (χ3n) is 1.05. The second-order valence-corrected chi connectivity index (χ2v) is 4.32. The van der Waals surface area contributed by atoms with Crippen LogP contribution in [0.25, 0.3) is 0 Å². The first-order valence-corrected chi connectivity index (χ1v) is 4.36. The monoisotopic (exact) mass is 266 g/mol. The second kappa shape index (κ2) is 3.14. The highest BCUT2D eigenvalue weighted by atomic mass is 35.5. The number of alkyl halides is 7. The Balaban J connectivity index is 5.54. The van der Waals surface area contributed by atoms with E-state index in [4.69, 9.17) is 4.55 Å². The minimum absolute atomic E-state index is 3.81. The lowest BCUT2D eigenvalue weighted by molar-refractivity contribution is -0.299. The summed E-state index contributed by atoms with van der Waals surface area (Å²) < 4.78 is 92.3. The van der Waals surface area contributed by atoms with Crippen LogP contribution in [0.15, 0.2) is 0 Å². The summed E-state index contributed by atoms with van der Waals surface area (Å²) in [5.41, 5.74) is 0. The zero-order valence-electron chi connectivity index (χ0n) is 5.82. The highest BCUT2D eigenvalue weighted by molar-refractivity contribution is 7.88. The molecule has 0 saturated heterocycles. The average molecular weight is 267 g/mol. The van der Waals surface area contributed by atoms with Crippen LogP contribution in [0.1, 0.15) is 0 Å². The molecule has 0 aliphatic rings. The Morgan fingerprint density at radius 2 is 1.29 bits per heavy atom. The van der Waals surface area contributed by atoms with E-state index in [1.807, 2.05) is 0 Å². The fourth-order valence-electron chi connectivity index (χ4n) is 0.327. The lowest BCUT2D eigenvalue weighted by Gasteiger charge is -2.26. The molecule has 3 nitrogen and oxygen atoms in total. The van der Waals surface area contributed by atoms with E-state index in [2.05, 4.69) is 11.6 Å². The summed E-state index contributed by atoms with van der Waals surface area (Å²) in [5, 5.41) is 0. The molecule has 1 N–H and O–H groups in total. The molecule has 14 heavy (non-hydrogen) atoms. The van der Waals surface area contributed by atoms with Crippen LogP contribution in [0.3, 0.4) is 0 Å². The molecule has 86 valence electrons. The molecular formula is C3HClF6O3S. The van der Waals surface area contributed by atoms with Crippen molar-refractivity contribution in [3.63, 3.8) is 0 Å². The van der Waals surface area contributed by atoms with Crippen molar-refractivity contribution in [2.45, 2.75) is 16.6 Å². The van der Waals surface area contributed by atoms with Gasteiger partial charge in [-0.25, -0.2) is 0 Å². The molecule has 11 heteroatoms. The Morgan fingerprint density at radius 3 is 1.36 bits per heavy atom. The molecule has 0 heterocycles. The third-order valence-corrected chi connectivity index (χ3v) is 2.77. The van der Waals surface area contributed by atoms with E-state index >= 15 is 0 Å². The van der Waals surface area contributed by atoms with E-state index in [1.165, 1.54) is 0 Å². The molecule has 0 aliphatic heterocycles. The van der Waals surface area contributed by atoms with Gasteiger partial charge in [0.25, 0.3) is 0 Å². The zero-order valence-corrected chi connectivity index (χ0v) is 7.39. The first-order chi connectivity index (χ1) is 5.75. The van der Waals surface area contributed by atoms with Gasteiger partial charge in [0.15, 0.2) is 0 Å². The smallest absolute Gasteiger partial charge is 0.282 e. The van der Waals surface area contributed by atoms with E-state index in [0.717, 1.165) is 0 Å². The lowest BCUT2D eigenvalue weighted by atomic mass is 10.3. The van der Waals surface area contributed by atoms with Gasteiger partial charge in [-0.3, -0.25) is 4.55 Å². The number of hydrogen-bond donors (Lipinski definition) is 1. The predicted molar refractivity (Wildman–Crippen MR) is 32.2 cm³/mol. The van der Waals surface area contributed by atoms with E-state index < -0.39 is 26.7 Å². The molecule has 0 radical (unpaired) electrons. The summed E-state index contributed by atoms with van der Waals surface area (Å²) in [6.45, 7) is 0. The Labute approximate surface area is 78.4 Å². The lowest BCUT2D eigenvalue weighted by Crippen LogP contribution is -2.55. The quantitative estimate of drug-likeness (QED) is 0.472. The van der Waals surface area contributed by atoms with Gasteiger partial charge in [-0.05, 0) is 0 Å². The molecule has 0 spiro atoms. The fraction of sp³-hybridized carbons (Fsp3) is 1.00. The summed E-state index contributed by atoms with van der Waals surface area (Å²) in [7, 11) is -6.41. The van der Waals surface area contributed by atoms with Gasteiger partial charge < -0.3 is 0 Å². The molecule has 0 fully saturated rings. The molecule has 0 rings (SSSR count). The van der Waals surface area contributed by atoms with Gasteiger partial charge in [-0.1, -0.05) is 11.6 Å². The molecule has 0 amide bonds. The summed E-state index contributed by atoms with van der Waals surface area (Å²) in [5.74, 6) is -6.42. The normalized spacial score (nSPS) is 19.1. The minimum Gasteiger partial charge on any atom is -0.282 e. The molecule has 0 aliphatic carbocycles. The molecule has 0 aromatic heterocycles. The highest BCUT2D eigenvalue weighted by Gasteiger charge is 2.77. The Bertz CT molecular complexity index is 318. The molecule has 1 atom stereocenters. The molecular weight excluding hydrogens is 266 g/mol. The van der Waals surface area contributed by atoms with Crippen LogP contribution in [-0.2, 0) is 10.1 Å². The van der Waals surface area contributed by atoms with Gasteiger partial charge in [0, 0.05) is 0 Å². The van der Waals surface area contributed by atoms with Gasteiger partial charge in [-0.15, -0.1) is 0 Å². The maximum atomic E-state index is 12.3. The van der Waals surface area contributed by atoms with Crippen molar-refractivity contribution >= 4 is 21.7 Å². The van der Waals surface area contributed by atoms with Crippen LogP contribution in [0.2, 0.25) is 0 Å². The van der Waals surface area contributed by atoms with E-state index in [1.54, 1.807) is 0 Å². The summed E-state index contributed by atoms with van der Waals surface area (Å²) in [6.07, 6.45) is -6.54. The van der Waals surface area contributed by atoms with Gasteiger partial charge >= 0.3 is 26.7 Å². The third kappa shape index (κ3) is 1.91. The molecule has 0 bridgehead atoms. The highest BCUT2D eigenvalue weighted by Crippen LogP contribution is 2.49. The molecule has 0 saturated carbocycles.